The average Bonchev–Trinajstić information content (AvgIpc) is 3.34. The lowest BCUT2D eigenvalue weighted by Gasteiger charge is -2.34. The van der Waals surface area contributed by atoms with Crippen LogP contribution in [0.1, 0.15) is 39.2 Å². The molecule has 2 aromatic heterocycles. The van der Waals surface area contributed by atoms with Gasteiger partial charge in [-0.2, -0.15) is 5.10 Å². The summed E-state index contributed by atoms with van der Waals surface area (Å²) in [6.45, 7) is 5.41. The molecule has 9 nitrogen and oxygen atoms in total. The highest BCUT2D eigenvalue weighted by atomic mass is 16.5. The molecule has 0 spiro atoms. The van der Waals surface area contributed by atoms with Crippen LogP contribution in [0.15, 0.2) is 60.8 Å². The molecule has 5 rings (SSSR count). The van der Waals surface area contributed by atoms with Crippen LogP contribution in [-0.4, -0.2) is 49.7 Å². The van der Waals surface area contributed by atoms with Crippen LogP contribution in [0.2, 0.25) is 0 Å². The number of nitrogens with zero attached hydrogens (tertiary/aromatic N) is 5. The molecule has 0 saturated carbocycles. The topological polar surface area (TPSA) is 125 Å². The zero-order chi connectivity index (χ0) is 25.9. The normalized spacial score (nSPS) is 16.8. The minimum absolute atomic E-state index is 0.00232. The molecule has 0 unspecified atom stereocenters. The third-order valence-corrected chi connectivity index (χ3v) is 6.67. The van der Waals surface area contributed by atoms with Gasteiger partial charge in [0.2, 0.25) is 5.91 Å². The van der Waals surface area contributed by atoms with Gasteiger partial charge in [-0.05, 0) is 61.6 Å². The van der Waals surface area contributed by atoms with Crippen LogP contribution in [0.3, 0.4) is 0 Å². The molecular formula is C28H33N7O2. The molecule has 1 aliphatic rings. The van der Waals surface area contributed by atoms with Gasteiger partial charge in [0.1, 0.15) is 17.3 Å². The van der Waals surface area contributed by atoms with Gasteiger partial charge in [0.05, 0.1) is 23.7 Å². The fourth-order valence-electron chi connectivity index (χ4n) is 4.84. The van der Waals surface area contributed by atoms with Crippen molar-refractivity contribution in [3.8, 4) is 22.9 Å². The minimum atomic E-state index is -0.480. The predicted molar refractivity (Wildman–Crippen MR) is 144 cm³/mol. The Morgan fingerprint density at radius 3 is 2.54 bits per heavy atom. The van der Waals surface area contributed by atoms with E-state index in [1.165, 1.54) is 0 Å². The molecule has 0 radical (unpaired) electrons. The van der Waals surface area contributed by atoms with E-state index in [4.69, 9.17) is 21.2 Å². The van der Waals surface area contributed by atoms with Gasteiger partial charge in [-0.3, -0.25) is 4.79 Å². The van der Waals surface area contributed by atoms with Gasteiger partial charge in [0, 0.05) is 18.7 Å². The van der Waals surface area contributed by atoms with E-state index in [1.807, 2.05) is 64.2 Å². The molecule has 1 saturated heterocycles. The number of benzene rings is 2. The number of carbonyl (C=O) groups is 1. The summed E-state index contributed by atoms with van der Waals surface area (Å²) in [7, 11) is 0. The van der Waals surface area contributed by atoms with E-state index in [9.17, 15) is 4.79 Å². The highest BCUT2D eigenvalue weighted by molar-refractivity contribution is 5.87. The maximum Gasteiger partial charge on any atom is 0.239 e. The summed E-state index contributed by atoms with van der Waals surface area (Å²) in [5, 5.41) is 5.31. The van der Waals surface area contributed by atoms with Gasteiger partial charge in [0.25, 0.3) is 0 Å². The molecule has 3 heterocycles. The molecule has 9 heteroatoms. The number of anilines is 1. The number of para-hydroxylation sites is 1. The van der Waals surface area contributed by atoms with Gasteiger partial charge < -0.3 is 21.1 Å². The summed E-state index contributed by atoms with van der Waals surface area (Å²) < 4.78 is 7.78. The van der Waals surface area contributed by atoms with Crippen molar-refractivity contribution >= 4 is 22.8 Å². The fourth-order valence-corrected chi connectivity index (χ4v) is 4.84. The van der Waals surface area contributed by atoms with Gasteiger partial charge in [-0.1, -0.05) is 32.0 Å². The Morgan fingerprint density at radius 2 is 1.81 bits per heavy atom. The lowest BCUT2D eigenvalue weighted by atomic mass is 10.0. The monoisotopic (exact) mass is 499 g/mol. The highest BCUT2D eigenvalue weighted by Crippen LogP contribution is 2.30. The Labute approximate surface area is 216 Å². The Bertz CT molecular complexity index is 1370. The number of aromatic nitrogens is 4. The van der Waals surface area contributed by atoms with Crippen LogP contribution < -0.4 is 16.2 Å². The van der Waals surface area contributed by atoms with Crippen molar-refractivity contribution in [3.05, 3.63) is 60.8 Å². The summed E-state index contributed by atoms with van der Waals surface area (Å²) in [5.74, 6) is 2.75. The van der Waals surface area contributed by atoms with Crippen molar-refractivity contribution in [2.24, 2.45) is 11.7 Å². The predicted octanol–water partition coefficient (Wildman–Crippen LogP) is 4.40. The lowest BCUT2D eigenvalue weighted by molar-refractivity contribution is -0.134. The summed E-state index contributed by atoms with van der Waals surface area (Å²) in [6, 6.07) is 16.7. The van der Waals surface area contributed by atoms with Crippen LogP contribution in [-0.2, 0) is 4.79 Å². The first-order valence-corrected chi connectivity index (χ1v) is 12.8. The Hall–Kier alpha value is -3.98. The van der Waals surface area contributed by atoms with Crippen molar-refractivity contribution < 1.29 is 9.53 Å². The molecule has 192 valence electrons. The van der Waals surface area contributed by atoms with Gasteiger partial charge >= 0.3 is 0 Å². The second-order valence-corrected chi connectivity index (χ2v) is 10.0. The highest BCUT2D eigenvalue weighted by Gasteiger charge is 2.30. The third kappa shape index (κ3) is 5.41. The number of piperidine rings is 1. The number of ether oxygens (including phenoxy) is 1. The molecule has 1 aliphatic heterocycles. The van der Waals surface area contributed by atoms with Crippen molar-refractivity contribution in [3.63, 3.8) is 0 Å². The van der Waals surface area contributed by atoms with Crippen LogP contribution in [0.5, 0.6) is 11.5 Å². The molecule has 0 bridgehead atoms. The number of nitrogens with two attached hydrogens (primary N) is 2. The molecule has 2 aromatic carbocycles. The zero-order valence-corrected chi connectivity index (χ0v) is 21.2. The Morgan fingerprint density at radius 1 is 1.08 bits per heavy atom. The molecule has 4 N–H and O–H groups in total. The number of amides is 1. The first kappa shape index (κ1) is 24.7. The molecule has 4 aromatic rings. The largest absolute Gasteiger partial charge is 0.457 e. The molecule has 2 atom stereocenters. The first-order chi connectivity index (χ1) is 17.9. The molecular weight excluding hydrogens is 466 g/mol. The number of hydrogen-bond acceptors (Lipinski definition) is 7. The van der Waals surface area contributed by atoms with Crippen LogP contribution >= 0.6 is 0 Å². The van der Waals surface area contributed by atoms with Gasteiger partial charge in [0.15, 0.2) is 11.5 Å². The average molecular weight is 500 g/mol. The number of nitrogen functional groups attached to an aromatic ring is 1. The van der Waals surface area contributed by atoms with Crippen molar-refractivity contribution in [2.75, 3.05) is 18.8 Å². The second-order valence-electron chi connectivity index (χ2n) is 10.0. The summed E-state index contributed by atoms with van der Waals surface area (Å²) in [6.07, 6.45) is 4.15. The van der Waals surface area contributed by atoms with E-state index < -0.39 is 6.04 Å². The maximum absolute atomic E-state index is 13.0. The number of carbonyl (C=O) groups excluding carboxylic acids is 1. The first-order valence-electron chi connectivity index (χ1n) is 12.8. The molecule has 1 amide bonds. The van der Waals surface area contributed by atoms with E-state index in [0.29, 0.717) is 48.1 Å². The zero-order valence-electron chi connectivity index (χ0n) is 21.2. The van der Waals surface area contributed by atoms with E-state index in [2.05, 4.69) is 23.9 Å². The number of hydrogen-bond donors (Lipinski definition) is 2. The van der Waals surface area contributed by atoms with E-state index in [1.54, 1.807) is 6.20 Å². The van der Waals surface area contributed by atoms with E-state index in [0.717, 1.165) is 29.9 Å². The number of fused-ring (bicyclic) bond motifs is 1. The Balaban J connectivity index is 1.38. The van der Waals surface area contributed by atoms with Gasteiger partial charge in [-0.25, -0.2) is 14.6 Å². The van der Waals surface area contributed by atoms with Crippen molar-refractivity contribution in [1.29, 1.82) is 0 Å². The SMILES string of the molecule is CC(C)C[C@@H](N)C(=O)N1CCC[C@@H](n2ncc3c(N)nc(-c4ccc(Oc5ccccc5)cc4)nc32)C1. The smallest absolute Gasteiger partial charge is 0.239 e. The lowest BCUT2D eigenvalue weighted by Crippen LogP contribution is -2.48. The second kappa shape index (κ2) is 10.6. The third-order valence-electron chi connectivity index (χ3n) is 6.67. The molecule has 37 heavy (non-hydrogen) atoms. The number of rotatable bonds is 7. The fraction of sp³-hybridized carbons (Fsp3) is 0.357. The summed E-state index contributed by atoms with van der Waals surface area (Å²) in [5.41, 5.74) is 14.0. The van der Waals surface area contributed by atoms with Crippen molar-refractivity contribution in [2.45, 2.75) is 45.2 Å². The number of likely N-dealkylation sites (tertiary alicyclic amines) is 1. The van der Waals surface area contributed by atoms with Crippen molar-refractivity contribution in [1.82, 2.24) is 24.6 Å². The molecule has 0 aliphatic carbocycles. The van der Waals surface area contributed by atoms with Crippen LogP contribution in [0.25, 0.3) is 22.4 Å². The maximum atomic E-state index is 13.0. The van der Waals surface area contributed by atoms with E-state index in [-0.39, 0.29) is 11.9 Å². The minimum Gasteiger partial charge on any atom is -0.457 e. The summed E-state index contributed by atoms with van der Waals surface area (Å²) >= 11 is 0. The van der Waals surface area contributed by atoms with Gasteiger partial charge in [-0.15, -0.1) is 0 Å². The summed E-state index contributed by atoms with van der Waals surface area (Å²) in [4.78, 5) is 24.2. The Kier molecular flexibility index (Phi) is 7.05. The quantitative estimate of drug-likeness (QED) is 0.386. The van der Waals surface area contributed by atoms with Crippen LogP contribution in [0.4, 0.5) is 5.82 Å². The van der Waals surface area contributed by atoms with E-state index >= 15 is 0 Å². The standard InChI is InChI=1S/C28H33N7O2/c1-18(2)15-24(29)28(36)34-14-6-7-20(17-34)35-27-23(16-31-35)25(30)32-26(33-27)19-10-12-22(13-11-19)37-21-8-4-3-5-9-21/h3-5,8-13,16,18,20,24H,6-7,14-15,17,29H2,1-2H3,(H2,30,32,33)/t20-,24-/m1/s1. The van der Waals surface area contributed by atoms with Crippen LogP contribution in [0, 0.1) is 5.92 Å². The molecule has 1 fully saturated rings.